The van der Waals surface area contributed by atoms with E-state index in [0.29, 0.717) is 46.8 Å². The summed E-state index contributed by atoms with van der Waals surface area (Å²) in [6.45, 7) is 11.7. The minimum atomic E-state index is -1.50. The molecule has 5 rings (SSSR count). The van der Waals surface area contributed by atoms with E-state index in [1.165, 1.54) is 6.92 Å². The van der Waals surface area contributed by atoms with Crippen LogP contribution in [0, 0.1) is 0 Å². The molecule has 0 spiro atoms. The van der Waals surface area contributed by atoms with Gasteiger partial charge >= 0.3 is 5.97 Å². The molecule has 0 saturated heterocycles. The van der Waals surface area contributed by atoms with Gasteiger partial charge in [0.15, 0.2) is 0 Å². The summed E-state index contributed by atoms with van der Waals surface area (Å²) in [5.74, 6) is -0.179. The van der Waals surface area contributed by atoms with Gasteiger partial charge in [0.2, 0.25) is 11.5 Å². The highest BCUT2D eigenvalue weighted by Gasteiger charge is 2.53. The van der Waals surface area contributed by atoms with Crippen molar-refractivity contribution in [3.63, 3.8) is 0 Å². The van der Waals surface area contributed by atoms with Gasteiger partial charge < -0.3 is 25.0 Å². The Morgan fingerprint density at radius 1 is 0.930 bits per heavy atom. The minimum absolute atomic E-state index is 0.256. The maximum absolute atomic E-state index is 13.6. The molecule has 2 N–H and O–H groups in total. The predicted octanol–water partition coefficient (Wildman–Crippen LogP) is 7.05. The molecule has 1 unspecified atom stereocenters. The molecule has 0 aliphatic carbocycles. The molecular weight excluding hydrogens is 540 g/mol. The van der Waals surface area contributed by atoms with Crippen LogP contribution in [-0.2, 0) is 21.6 Å². The highest BCUT2D eigenvalue weighted by molar-refractivity contribution is 6.00. The molecule has 1 amide bonds. The number of benzene rings is 3. The van der Waals surface area contributed by atoms with Crippen molar-refractivity contribution in [3.8, 4) is 5.75 Å². The molecule has 0 radical (unpaired) electrons. The van der Waals surface area contributed by atoms with Crippen LogP contribution in [0.25, 0.3) is 0 Å². The van der Waals surface area contributed by atoms with Gasteiger partial charge in [0.1, 0.15) is 11.4 Å². The number of nitrogens with one attached hydrogen (secondary N) is 2. The van der Waals surface area contributed by atoms with Crippen LogP contribution < -0.4 is 20.3 Å². The number of ether oxygens (including phenoxy) is 2. The molecule has 4 aromatic rings. The number of cyclic esters (lactones) is 1. The topological polar surface area (TPSA) is 92.8 Å². The summed E-state index contributed by atoms with van der Waals surface area (Å²) in [5.41, 5.74) is 4.57. The standard InChI is InChI=1S/C35H38N4O4/c1-6-24-17-19-29(32(37-23(5)40)31(24)38-25-14-11-10-12-15-25)35(33-27(34(41)43-35)16-13-21-36-33)28-20-18-26(39(7-2)8-3)22-30(28)42-9-4/h10-22,38H,6-9H2,1-5H3,(H,37,40). The highest BCUT2D eigenvalue weighted by atomic mass is 16.6. The highest BCUT2D eigenvalue weighted by Crippen LogP contribution is 2.53. The van der Waals surface area contributed by atoms with Crippen molar-refractivity contribution < 1.29 is 19.1 Å². The number of fused-ring (bicyclic) bond motifs is 1. The van der Waals surface area contributed by atoms with Crippen molar-refractivity contribution in [3.05, 3.63) is 107 Å². The van der Waals surface area contributed by atoms with Gasteiger partial charge in [-0.05, 0) is 69.2 Å². The number of aromatic nitrogens is 1. The average Bonchev–Trinajstić information content (AvgIpc) is 3.32. The first-order chi connectivity index (χ1) is 20.9. The third kappa shape index (κ3) is 5.41. The predicted molar refractivity (Wildman–Crippen MR) is 171 cm³/mol. The molecule has 0 saturated carbocycles. The second-order valence-electron chi connectivity index (χ2n) is 10.3. The minimum Gasteiger partial charge on any atom is -0.493 e. The molecule has 1 atom stereocenters. The molecule has 8 heteroatoms. The number of hydrogen-bond donors (Lipinski definition) is 2. The first kappa shape index (κ1) is 29.6. The summed E-state index contributed by atoms with van der Waals surface area (Å²) in [4.78, 5) is 33.3. The van der Waals surface area contributed by atoms with Crippen LogP contribution in [0.1, 0.15) is 67.4 Å². The molecule has 3 aromatic carbocycles. The summed E-state index contributed by atoms with van der Waals surface area (Å²) in [6.07, 6.45) is 2.36. The van der Waals surface area contributed by atoms with E-state index in [-0.39, 0.29) is 5.91 Å². The number of aryl methyl sites for hydroxylation is 1. The maximum atomic E-state index is 13.6. The van der Waals surface area contributed by atoms with E-state index in [0.717, 1.165) is 35.7 Å². The average molecular weight is 579 g/mol. The van der Waals surface area contributed by atoms with Crippen LogP contribution in [0.4, 0.5) is 22.7 Å². The normalized spacial score (nSPS) is 15.4. The monoisotopic (exact) mass is 578 g/mol. The lowest BCUT2D eigenvalue weighted by molar-refractivity contribution is -0.114. The van der Waals surface area contributed by atoms with Crippen LogP contribution in [-0.4, -0.2) is 36.6 Å². The summed E-state index contributed by atoms with van der Waals surface area (Å²) in [6, 6.07) is 23.1. The van der Waals surface area contributed by atoms with Gasteiger partial charge in [-0.2, -0.15) is 0 Å². The number of esters is 1. The third-order valence-electron chi connectivity index (χ3n) is 7.78. The van der Waals surface area contributed by atoms with Gasteiger partial charge in [-0.25, -0.2) is 4.79 Å². The lowest BCUT2D eigenvalue weighted by atomic mass is 9.80. The summed E-state index contributed by atoms with van der Waals surface area (Å²) in [7, 11) is 0. The molecule has 43 heavy (non-hydrogen) atoms. The molecule has 1 aliphatic rings. The van der Waals surface area contributed by atoms with E-state index < -0.39 is 11.6 Å². The zero-order valence-electron chi connectivity index (χ0n) is 25.4. The molecule has 0 fully saturated rings. The largest absolute Gasteiger partial charge is 0.493 e. The zero-order chi connectivity index (χ0) is 30.6. The molecular formula is C35H38N4O4. The number of carbonyl (C=O) groups is 2. The second-order valence-corrected chi connectivity index (χ2v) is 10.3. The Balaban J connectivity index is 1.87. The maximum Gasteiger partial charge on any atom is 0.341 e. The first-order valence-corrected chi connectivity index (χ1v) is 14.8. The first-order valence-electron chi connectivity index (χ1n) is 14.8. The van der Waals surface area contributed by atoms with Gasteiger partial charge in [0, 0.05) is 54.8 Å². The van der Waals surface area contributed by atoms with E-state index in [4.69, 9.17) is 14.5 Å². The number of nitrogens with zero attached hydrogens (tertiary/aromatic N) is 2. The van der Waals surface area contributed by atoms with Crippen molar-refractivity contribution in [1.82, 2.24) is 4.98 Å². The second kappa shape index (κ2) is 12.6. The summed E-state index contributed by atoms with van der Waals surface area (Å²) < 4.78 is 12.7. The molecule has 0 bridgehead atoms. The van der Waals surface area contributed by atoms with Crippen LogP contribution in [0.2, 0.25) is 0 Å². The van der Waals surface area contributed by atoms with E-state index in [2.05, 4.69) is 36.3 Å². The molecule has 222 valence electrons. The fraction of sp³-hybridized carbons (Fsp3) is 0.286. The van der Waals surface area contributed by atoms with Crippen molar-refractivity contribution in [2.45, 2.75) is 46.6 Å². The van der Waals surface area contributed by atoms with Crippen LogP contribution in [0.5, 0.6) is 5.75 Å². The molecule has 8 nitrogen and oxygen atoms in total. The quantitative estimate of drug-likeness (QED) is 0.184. The van der Waals surface area contributed by atoms with Crippen molar-refractivity contribution in [2.24, 2.45) is 0 Å². The van der Waals surface area contributed by atoms with Crippen molar-refractivity contribution in [1.29, 1.82) is 0 Å². The smallest absolute Gasteiger partial charge is 0.341 e. The number of pyridine rings is 1. The summed E-state index contributed by atoms with van der Waals surface area (Å²) >= 11 is 0. The zero-order valence-corrected chi connectivity index (χ0v) is 25.4. The fourth-order valence-electron chi connectivity index (χ4n) is 5.81. The molecule has 1 aliphatic heterocycles. The Hall–Kier alpha value is -4.85. The van der Waals surface area contributed by atoms with Crippen molar-refractivity contribution >= 4 is 34.6 Å². The van der Waals surface area contributed by atoms with Crippen LogP contribution in [0.15, 0.2) is 79.0 Å². The van der Waals surface area contributed by atoms with Crippen molar-refractivity contribution in [2.75, 3.05) is 35.2 Å². The molecule has 1 aromatic heterocycles. The number of rotatable bonds is 11. The number of carbonyl (C=O) groups excluding carboxylic acids is 2. The SMILES string of the molecule is CCOc1cc(N(CC)CC)ccc1C1(c2ccc(CC)c(Nc3ccccc3)c2NC(C)=O)OC(=O)c2cccnc21. The Labute approximate surface area is 253 Å². The number of hydrogen-bond acceptors (Lipinski definition) is 7. The van der Waals surface area contributed by atoms with E-state index >= 15 is 0 Å². The van der Waals surface area contributed by atoms with Gasteiger partial charge in [0.25, 0.3) is 0 Å². The lowest BCUT2D eigenvalue weighted by Crippen LogP contribution is -2.33. The van der Waals surface area contributed by atoms with Crippen LogP contribution >= 0.6 is 0 Å². The Kier molecular flexibility index (Phi) is 8.66. The third-order valence-corrected chi connectivity index (χ3v) is 7.78. The number of para-hydroxylation sites is 1. The van der Waals surface area contributed by atoms with Crippen LogP contribution in [0.3, 0.4) is 0 Å². The number of anilines is 4. The van der Waals surface area contributed by atoms with Gasteiger partial charge in [-0.15, -0.1) is 0 Å². The molecule has 2 heterocycles. The van der Waals surface area contributed by atoms with Gasteiger partial charge in [0.05, 0.1) is 23.5 Å². The Morgan fingerprint density at radius 3 is 2.35 bits per heavy atom. The fourth-order valence-corrected chi connectivity index (χ4v) is 5.81. The van der Waals surface area contributed by atoms with E-state index in [1.807, 2.05) is 67.6 Å². The Morgan fingerprint density at radius 2 is 1.67 bits per heavy atom. The van der Waals surface area contributed by atoms with E-state index in [1.54, 1.807) is 18.3 Å². The Bertz CT molecular complexity index is 1630. The van der Waals surface area contributed by atoms with Gasteiger partial charge in [-0.1, -0.05) is 37.3 Å². The van der Waals surface area contributed by atoms with Gasteiger partial charge in [-0.3, -0.25) is 9.78 Å². The summed E-state index contributed by atoms with van der Waals surface area (Å²) in [5, 5.41) is 6.61. The number of amides is 1. The van der Waals surface area contributed by atoms with E-state index in [9.17, 15) is 9.59 Å². The lowest BCUT2D eigenvalue weighted by Gasteiger charge is -2.34.